The molecule has 17 heavy (non-hydrogen) atoms. The van der Waals surface area contributed by atoms with Gasteiger partial charge in [0.05, 0.1) is 6.61 Å². The molecule has 1 amide bonds. The predicted molar refractivity (Wildman–Crippen MR) is 69.0 cm³/mol. The third-order valence-corrected chi connectivity index (χ3v) is 2.75. The van der Waals surface area contributed by atoms with E-state index in [0.717, 1.165) is 12.8 Å². The van der Waals surface area contributed by atoms with Gasteiger partial charge in [-0.2, -0.15) is 0 Å². The first-order valence-electron chi connectivity index (χ1n) is 6.08. The molecule has 3 heteroatoms. The zero-order valence-corrected chi connectivity index (χ0v) is 10.8. The van der Waals surface area contributed by atoms with Crippen LogP contribution in [-0.2, 0) is 11.2 Å². The van der Waals surface area contributed by atoms with Crippen LogP contribution in [0.5, 0.6) is 0 Å². The highest BCUT2D eigenvalue weighted by Gasteiger charge is 2.16. The molecule has 0 unspecified atom stereocenters. The molecule has 0 aromatic heterocycles. The molecule has 0 saturated carbocycles. The van der Waals surface area contributed by atoms with Crippen molar-refractivity contribution in [3.8, 4) is 0 Å². The van der Waals surface area contributed by atoms with E-state index in [9.17, 15) is 4.79 Å². The Morgan fingerprint density at radius 1 is 1.35 bits per heavy atom. The van der Waals surface area contributed by atoms with E-state index < -0.39 is 0 Å². The Morgan fingerprint density at radius 3 is 2.59 bits per heavy atom. The van der Waals surface area contributed by atoms with E-state index in [-0.39, 0.29) is 12.1 Å². The second-order valence-electron chi connectivity index (χ2n) is 4.26. The van der Waals surface area contributed by atoms with E-state index in [1.165, 1.54) is 5.56 Å². The standard InChI is InChI=1S/C14H21NO2/c1-4-10-17-14(16)15(3)12(2)11-13-8-6-5-7-9-13/h5-9,12H,4,10-11H2,1-3H3/t12-/m0/s1. The molecular weight excluding hydrogens is 214 g/mol. The molecule has 0 aliphatic carbocycles. The summed E-state index contributed by atoms with van der Waals surface area (Å²) in [5.74, 6) is 0. The second-order valence-corrected chi connectivity index (χ2v) is 4.26. The molecule has 1 rings (SSSR count). The summed E-state index contributed by atoms with van der Waals surface area (Å²) >= 11 is 0. The second kappa shape index (κ2) is 6.94. The van der Waals surface area contributed by atoms with Gasteiger partial charge in [0.15, 0.2) is 0 Å². The van der Waals surface area contributed by atoms with Crippen molar-refractivity contribution in [2.45, 2.75) is 32.7 Å². The van der Waals surface area contributed by atoms with Gasteiger partial charge in [0.1, 0.15) is 0 Å². The molecule has 0 saturated heterocycles. The minimum absolute atomic E-state index is 0.141. The molecule has 0 heterocycles. The van der Waals surface area contributed by atoms with Crippen LogP contribution in [0, 0.1) is 0 Å². The summed E-state index contributed by atoms with van der Waals surface area (Å²) in [6.45, 7) is 4.50. The maximum atomic E-state index is 11.6. The molecule has 1 aromatic rings. The Morgan fingerprint density at radius 2 is 2.00 bits per heavy atom. The molecule has 0 fully saturated rings. The SMILES string of the molecule is CCCOC(=O)N(C)[C@@H](C)Cc1ccccc1. The van der Waals surface area contributed by atoms with Crippen molar-refractivity contribution in [1.29, 1.82) is 0 Å². The zero-order valence-electron chi connectivity index (χ0n) is 10.8. The summed E-state index contributed by atoms with van der Waals surface area (Å²) in [5, 5.41) is 0. The maximum absolute atomic E-state index is 11.6. The lowest BCUT2D eigenvalue weighted by atomic mass is 10.1. The smallest absolute Gasteiger partial charge is 0.409 e. The summed E-state index contributed by atoms with van der Waals surface area (Å²) in [6.07, 6.45) is 1.46. The summed E-state index contributed by atoms with van der Waals surface area (Å²) in [6, 6.07) is 10.3. The first kappa shape index (κ1) is 13.6. The highest BCUT2D eigenvalue weighted by Crippen LogP contribution is 2.08. The van der Waals surface area contributed by atoms with Crippen molar-refractivity contribution in [2.75, 3.05) is 13.7 Å². The predicted octanol–water partition coefficient (Wildman–Crippen LogP) is 3.10. The van der Waals surface area contributed by atoms with Crippen LogP contribution in [0.25, 0.3) is 0 Å². The first-order valence-corrected chi connectivity index (χ1v) is 6.08. The Labute approximate surface area is 103 Å². The van der Waals surface area contributed by atoms with Crippen molar-refractivity contribution in [3.05, 3.63) is 35.9 Å². The molecule has 0 aliphatic rings. The molecule has 3 nitrogen and oxygen atoms in total. The van der Waals surface area contributed by atoms with Gasteiger partial charge < -0.3 is 9.64 Å². The third-order valence-electron chi connectivity index (χ3n) is 2.75. The van der Waals surface area contributed by atoms with Gasteiger partial charge in [-0.3, -0.25) is 0 Å². The molecule has 0 N–H and O–H groups in total. The molecule has 1 aromatic carbocycles. The molecular formula is C14H21NO2. The van der Waals surface area contributed by atoms with Crippen LogP contribution in [0.4, 0.5) is 4.79 Å². The summed E-state index contributed by atoms with van der Waals surface area (Å²) in [5.41, 5.74) is 1.23. The van der Waals surface area contributed by atoms with E-state index in [1.807, 2.05) is 32.0 Å². The van der Waals surface area contributed by atoms with E-state index in [4.69, 9.17) is 4.74 Å². The van der Waals surface area contributed by atoms with Gasteiger partial charge in [0, 0.05) is 13.1 Å². The van der Waals surface area contributed by atoms with Crippen LogP contribution in [0.3, 0.4) is 0 Å². The Hall–Kier alpha value is -1.51. The molecule has 0 radical (unpaired) electrons. The molecule has 1 atom stereocenters. The van der Waals surface area contributed by atoms with Crippen molar-refractivity contribution in [1.82, 2.24) is 4.90 Å². The summed E-state index contributed by atoms with van der Waals surface area (Å²) in [7, 11) is 1.78. The first-order chi connectivity index (χ1) is 8.15. The number of hydrogen-bond acceptors (Lipinski definition) is 2. The number of carbonyl (C=O) groups is 1. The molecule has 94 valence electrons. The van der Waals surface area contributed by atoms with Crippen molar-refractivity contribution in [2.24, 2.45) is 0 Å². The van der Waals surface area contributed by atoms with Gasteiger partial charge in [-0.25, -0.2) is 4.79 Å². The molecule has 0 spiro atoms. The summed E-state index contributed by atoms with van der Waals surface area (Å²) in [4.78, 5) is 13.3. The van der Waals surface area contributed by atoms with E-state index in [0.29, 0.717) is 6.61 Å². The molecule has 0 aliphatic heterocycles. The van der Waals surface area contributed by atoms with Crippen LogP contribution in [0.2, 0.25) is 0 Å². The van der Waals surface area contributed by atoms with Crippen LogP contribution in [0.1, 0.15) is 25.8 Å². The fourth-order valence-corrected chi connectivity index (χ4v) is 1.56. The van der Waals surface area contributed by atoms with E-state index in [2.05, 4.69) is 12.1 Å². The normalized spacial score (nSPS) is 11.9. The lowest BCUT2D eigenvalue weighted by Gasteiger charge is -2.24. The maximum Gasteiger partial charge on any atom is 0.409 e. The molecule has 0 bridgehead atoms. The Kier molecular flexibility index (Phi) is 5.53. The van der Waals surface area contributed by atoms with Crippen LogP contribution in [0.15, 0.2) is 30.3 Å². The third kappa shape index (κ3) is 4.47. The number of ether oxygens (including phenoxy) is 1. The van der Waals surface area contributed by atoms with Crippen LogP contribution < -0.4 is 0 Å². The van der Waals surface area contributed by atoms with E-state index in [1.54, 1.807) is 11.9 Å². The lowest BCUT2D eigenvalue weighted by molar-refractivity contribution is 0.0995. The van der Waals surface area contributed by atoms with Crippen molar-refractivity contribution in [3.63, 3.8) is 0 Å². The number of amides is 1. The minimum Gasteiger partial charge on any atom is -0.449 e. The Bertz CT molecular complexity index is 337. The number of rotatable bonds is 5. The van der Waals surface area contributed by atoms with E-state index >= 15 is 0 Å². The highest BCUT2D eigenvalue weighted by atomic mass is 16.6. The average molecular weight is 235 g/mol. The number of carbonyl (C=O) groups excluding carboxylic acids is 1. The minimum atomic E-state index is -0.240. The van der Waals surface area contributed by atoms with Gasteiger partial charge in [-0.1, -0.05) is 37.3 Å². The lowest BCUT2D eigenvalue weighted by Crippen LogP contribution is -2.37. The van der Waals surface area contributed by atoms with Gasteiger partial charge in [-0.15, -0.1) is 0 Å². The number of nitrogens with zero attached hydrogens (tertiary/aromatic N) is 1. The average Bonchev–Trinajstić information content (AvgIpc) is 2.36. The number of hydrogen-bond donors (Lipinski definition) is 0. The van der Waals surface area contributed by atoms with Gasteiger partial charge in [0.25, 0.3) is 0 Å². The van der Waals surface area contributed by atoms with Crippen LogP contribution >= 0.6 is 0 Å². The number of likely N-dealkylation sites (N-methyl/N-ethyl adjacent to an activating group) is 1. The number of benzene rings is 1. The van der Waals surface area contributed by atoms with Crippen molar-refractivity contribution < 1.29 is 9.53 Å². The van der Waals surface area contributed by atoms with Gasteiger partial charge in [0.2, 0.25) is 0 Å². The Balaban J connectivity index is 2.46. The fraction of sp³-hybridized carbons (Fsp3) is 0.500. The van der Waals surface area contributed by atoms with Crippen molar-refractivity contribution >= 4 is 6.09 Å². The van der Waals surface area contributed by atoms with Gasteiger partial charge in [-0.05, 0) is 25.3 Å². The quantitative estimate of drug-likeness (QED) is 0.785. The topological polar surface area (TPSA) is 29.5 Å². The van der Waals surface area contributed by atoms with Crippen LogP contribution in [-0.4, -0.2) is 30.7 Å². The largest absolute Gasteiger partial charge is 0.449 e. The zero-order chi connectivity index (χ0) is 12.7. The fourth-order valence-electron chi connectivity index (χ4n) is 1.56. The van der Waals surface area contributed by atoms with Gasteiger partial charge >= 0.3 is 6.09 Å². The monoisotopic (exact) mass is 235 g/mol. The summed E-state index contributed by atoms with van der Waals surface area (Å²) < 4.78 is 5.10. The highest BCUT2D eigenvalue weighted by molar-refractivity contribution is 5.67.